The molecule has 0 fully saturated rings. The van der Waals surface area contributed by atoms with E-state index < -0.39 is 0 Å². The smallest absolute Gasteiger partial charge is 0.137 e. The summed E-state index contributed by atoms with van der Waals surface area (Å²) >= 11 is 0. The van der Waals surface area contributed by atoms with Crippen LogP contribution < -0.4 is 10.5 Å². The molecule has 3 aromatic carbocycles. The summed E-state index contributed by atoms with van der Waals surface area (Å²) in [6, 6.07) is 17.0. The highest BCUT2D eigenvalue weighted by atomic mass is 19.1. The monoisotopic (exact) mass is 297 g/mol. The number of benzene rings is 3. The third-order valence-electron chi connectivity index (χ3n) is 3.20. The van der Waals surface area contributed by atoms with Gasteiger partial charge in [-0.15, -0.1) is 0 Å². The van der Waals surface area contributed by atoms with Crippen LogP contribution in [0.25, 0.3) is 11.1 Å². The van der Waals surface area contributed by atoms with Crippen molar-refractivity contribution in [3.05, 3.63) is 78.4 Å². The topological polar surface area (TPSA) is 35.2 Å². The van der Waals surface area contributed by atoms with Gasteiger partial charge in [0.2, 0.25) is 0 Å². The molecule has 0 aromatic heterocycles. The van der Waals surface area contributed by atoms with E-state index in [1.807, 2.05) is 0 Å². The van der Waals surface area contributed by atoms with Crippen molar-refractivity contribution >= 4 is 5.69 Å². The number of ether oxygens (including phenoxy) is 1. The van der Waals surface area contributed by atoms with Crippen LogP contribution in [-0.2, 0) is 0 Å². The van der Waals surface area contributed by atoms with Crippen molar-refractivity contribution in [2.75, 3.05) is 5.73 Å². The quantitative estimate of drug-likeness (QED) is 0.690. The Kier molecular flexibility index (Phi) is 3.74. The Hall–Kier alpha value is -2.88. The van der Waals surface area contributed by atoms with Crippen molar-refractivity contribution in [2.24, 2.45) is 0 Å². The van der Waals surface area contributed by atoms with E-state index in [-0.39, 0.29) is 11.6 Å². The van der Waals surface area contributed by atoms with Gasteiger partial charge in [0.25, 0.3) is 0 Å². The lowest BCUT2D eigenvalue weighted by Gasteiger charge is -2.12. The lowest BCUT2D eigenvalue weighted by Crippen LogP contribution is -1.92. The lowest BCUT2D eigenvalue weighted by atomic mass is 10.0. The molecule has 22 heavy (non-hydrogen) atoms. The molecular weight excluding hydrogens is 284 g/mol. The van der Waals surface area contributed by atoms with Crippen molar-refractivity contribution in [1.82, 2.24) is 0 Å². The summed E-state index contributed by atoms with van der Waals surface area (Å²) in [5.41, 5.74) is 7.93. The van der Waals surface area contributed by atoms with Crippen molar-refractivity contribution in [3.63, 3.8) is 0 Å². The molecule has 0 aliphatic rings. The van der Waals surface area contributed by atoms with Gasteiger partial charge >= 0.3 is 0 Å². The Balaban J connectivity index is 2.00. The maximum Gasteiger partial charge on any atom is 0.137 e. The summed E-state index contributed by atoms with van der Waals surface area (Å²) in [6.45, 7) is 0. The van der Waals surface area contributed by atoms with Crippen LogP contribution in [-0.4, -0.2) is 0 Å². The predicted molar refractivity (Wildman–Crippen MR) is 82.7 cm³/mol. The number of hydrogen-bond acceptors (Lipinski definition) is 2. The first-order chi connectivity index (χ1) is 10.6. The molecule has 0 heterocycles. The van der Waals surface area contributed by atoms with Crippen LogP contribution in [0.2, 0.25) is 0 Å². The number of nitrogens with two attached hydrogens (primary N) is 1. The number of hydrogen-bond donors (Lipinski definition) is 1. The lowest BCUT2D eigenvalue weighted by molar-refractivity contribution is 0.482. The zero-order chi connectivity index (χ0) is 15.5. The number of nitrogen functional groups attached to an aromatic ring is 1. The normalized spacial score (nSPS) is 10.5. The van der Waals surface area contributed by atoms with Crippen LogP contribution in [0.4, 0.5) is 14.5 Å². The second kappa shape index (κ2) is 5.85. The molecule has 0 aliphatic heterocycles. The van der Waals surface area contributed by atoms with Gasteiger partial charge in [0.15, 0.2) is 0 Å². The average molecular weight is 297 g/mol. The van der Waals surface area contributed by atoms with Crippen LogP contribution >= 0.6 is 0 Å². The molecule has 0 spiro atoms. The fourth-order valence-electron chi connectivity index (χ4n) is 2.12. The third-order valence-corrected chi connectivity index (χ3v) is 3.20. The molecule has 0 amide bonds. The van der Waals surface area contributed by atoms with Crippen molar-refractivity contribution in [1.29, 1.82) is 0 Å². The summed E-state index contributed by atoms with van der Waals surface area (Å²) in [6.07, 6.45) is 0. The van der Waals surface area contributed by atoms with E-state index in [1.165, 1.54) is 36.4 Å². The molecule has 0 saturated carbocycles. The van der Waals surface area contributed by atoms with Gasteiger partial charge in [-0.05, 0) is 54.1 Å². The fraction of sp³-hybridized carbons (Fsp3) is 0. The number of rotatable bonds is 3. The Morgan fingerprint density at radius 2 is 1.32 bits per heavy atom. The summed E-state index contributed by atoms with van der Waals surface area (Å²) in [4.78, 5) is 0. The first-order valence-corrected chi connectivity index (χ1v) is 6.71. The highest BCUT2D eigenvalue weighted by Gasteiger charge is 2.09. The predicted octanol–water partition coefficient (Wildman–Crippen LogP) is 5.01. The third kappa shape index (κ3) is 3.06. The minimum Gasteiger partial charge on any atom is -0.457 e. The molecule has 110 valence electrons. The van der Waals surface area contributed by atoms with Gasteiger partial charge in [0, 0.05) is 17.3 Å². The molecule has 2 nitrogen and oxygen atoms in total. The second-order valence-corrected chi connectivity index (χ2v) is 4.82. The number of anilines is 1. The van der Waals surface area contributed by atoms with Crippen molar-refractivity contribution < 1.29 is 13.5 Å². The van der Waals surface area contributed by atoms with Gasteiger partial charge in [-0.1, -0.05) is 12.1 Å². The minimum atomic E-state index is -0.335. The Bertz CT molecular complexity index is 783. The minimum absolute atomic E-state index is 0.305. The number of halogens is 2. The molecule has 3 aromatic rings. The molecular formula is C18H13F2NO. The molecule has 4 heteroatoms. The first kappa shape index (κ1) is 14.1. The zero-order valence-electron chi connectivity index (χ0n) is 11.6. The van der Waals surface area contributed by atoms with E-state index in [0.29, 0.717) is 17.2 Å². The molecule has 0 unspecified atom stereocenters. The van der Waals surface area contributed by atoms with Gasteiger partial charge in [-0.2, -0.15) is 0 Å². The van der Waals surface area contributed by atoms with E-state index in [0.717, 1.165) is 11.1 Å². The molecule has 0 aliphatic carbocycles. The van der Waals surface area contributed by atoms with E-state index in [9.17, 15) is 8.78 Å². The van der Waals surface area contributed by atoms with Crippen LogP contribution in [0.3, 0.4) is 0 Å². The highest BCUT2D eigenvalue weighted by molar-refractivity contribution is 5.73. The van der Waals surface area contributed by atoms with Crippen LogP contribution in [0, 0.1) is 11.6 Å². The van der Waals surface area contributed by atoms with Gasteiger partial charge in [-0.25, -0.2) is 8.78 Å². The van der Waals surface area contributed by atoms with Crippen LogP contribution in [0.5, 0.6) is 11.5 Å². The summed E-state index contributed by atoms with van der Waals surface area (Å²) < 4.78 is 31.8. The SMILES string of the molecule is Nc1ccc(-c2ccc(F)cc2)c(Oc2ccc(F)cc2)c1. The zero-order valence-corrected chi connectivity index (χ0v) is 11.6. The van der Waals surface area contributed by atoms with Gasteiger partial charge < -0.3 is 10.5 Å². The molecule has 0 saturated heterocycles. The molecule has 0 bridgehead atoms. The van der Waals surface area contributed by atoms with Crippen LogP contribution in [0.15, 0.2) is 66.7 Å². The standard InChI is InChI=1S/C18H13F2NO/c19-13-3-1-12(2-4-13)17-10-7-15(21)11-18(17)22-16-8-5-14(20)6-9-16/h1-11H,21H2. The van der Waals surface area contributed by atoms with Gasteiger partial charge in [-0.3, -0.25) is 0 Å². The summed E-state index contributed by atoms with van der Waals surface area (Å²) in [5, 5.41) is 0. The second-order valence-electron chi connectivity index (χ2n) is 4.82. The van der Waals surface area contributed by atoms with E-state index in [4.69, 9.17) is 10.5 Å². The highest BCUT2D eigenvalue weighted by Crippen LogP contribution is 2.35. The summed E-state index contributed by atoms with van der Waals surface area (Å²) in [7, 11) is 0. The Morgan fingerprint density at radius 3 is 1.95 bits per heavy atom. The Labute approximate surface area is 126 Å². The van der Waals surface area contributed by atoms with Crippen molar-refractivity contribution in [2.45, 2.75) is 0 Å². The van der Waals surface area contributed by atoms with E-state index in [2.05, 4.69) is 0 Å². The van der Waals surface area contributed by atoms with Gasteiger partial charge in [0.05, 0.1) is 0 Å². The largest absolute Gasteiger partial charge is 0.457 e. The van der Waals surface area contributed by atoms with Crippen LogP contribution in [0.1, 0.15) is 0 Å². The molecule has 0 atom stereocenters. The maximum atomic E-state index is 13.1. The van der Waals surface area contributed by atoms with Crippen molar-refractivity contribution in [3.8, 4) is 22.6 Å². The van der Waals surface area contributed by atoms with E-state index >= 15 is 0 Å². The molecule has 3 rings (SSSR count). The fourth-order valence-corrected chi connectivity index (χ4v) is 2.12. The maximum absolute atomic E-state index is 13.1. The Morgan fingerprint density at radius 1 is 0.727 bits per heavy atom. The molecule has 2 N–H and O–H groups in total. The van der Waals surface area contributed by atoms with E-state index in [1.54, 1.807) is 30.3 Å². The first-order valence-electron chi connectivity index (χ1n) is 6.71. The summed E-state index contributed by atoms with van der Waals surface area (Å²) in [5.74, 6) is 0.382. The van der Waals surface area contributed by atoms with Gasteiger partial charge in [0.1, 0.15) is 23.1 Å². The average Bonchev–Trinajstić information content (AvgIpc) is 2.51. The molecule has 0 radical (unpaired) electrons.